The van der Waals surface area contributed by atoms with E-state index in [1.54, 1.807) is 6.07 Å². The zero-order chi connectivity index (χ0) is 36.3. The molecule has 2 N–H and O–H groups in total. The summed E-state index contributed by atoms with van der Waals surface area (Å²) in [6.45, 7) is 2.40. The van der Waals surface area contributed by atoms with Crippen LogP contribution in [0.4, 0.5) is 39.5 Å². The van der Waals surface area contributed by atoms with Crippen molar-refractivity contribution in [2.45, 2.75) is 139 Å². The highest BCUT2D eigenvalue weighted by atomic mass is 32.2. The molecule has 6 atom stereocenters. The molecule has 0 saturated heterocycles. The van der Waals surface area contributed by atoms with Crippen molar-refractivity contribution in [3.8, 4) is 5.75 Å². The summed E-state index contributed by atoms with van der Waals surface area (Å²) >= 11 is 0. The van der Waals surface area contributed by atoms with E-state index in [9.17, 15) is 58.1 Å². The van der Waals surface area contributed by atoms with Crippen molar-refractivity contribution in [1.29, 1.82) is 0 Å². The molecule has 280 valence electrons. The summed E-state index contributed by atoms with van der Waals surface area (Å²) in [5, 5.41) is 21.4. The van der Waals surface area contributed by atoms with Crippen LogP contribution >= 0.6 is 0 Å². The normalized spacial score (nSPS) is 29.8. The van der Waals surface area contributed by atoms with Gasteiger partial charge in [-0.05, 0) is 104 Å². The maximum Gasteiger partial charge on any atom is 0.460 e. The van der Waals surface area contributed by atoms with Gasteiger partial charge in [0.1, 0.15) is 5.75 Å². The first-order chi connectivity index (χ1) is 22.6. The van der Waals surface area contributed by atoms with Crippen LogP contribution in [0, 0.1) is 28.6 Å². The Labute approximate surface area is 282 Å². The van der Waals surface area contributed by atoms with E-state index in [0.29, 0.717) is 36.5 Å². The average molecular weight is 735 g/mol. The minimum Gasteiger partial charge on any atom is -0.508 e. The molecule has 0 heterocycles. The summed E-state index contributed by atoms with van der Waals surface area (Å²) < 4.78 is 141. The van der Waals surface area contributed by atoms with E-state index in [1.807, 2.05) is 6.07 Å². The third-order valence-electron chi connectivity index (χ3n) is 12.8. The first kappa shape index (κ1) is 38.5. The van der Waals surface area contributed by atoms with Gasteiger partial charge in [0.15, 0.2) is 9.84 Å². The van der Waals surface area contributed by atoms with E-state index in [4.69, 9.17) is 0 Å². The number of fused-ring (bicyclic) bond motifs is 6. The number of sulfone groups is 1. The molecule has 1 aromatic carbocycles. The molecule has 0 bridgehead atoms. The third kappa shape index (κ3) is 6.95. The molecule has 3 saturated carbocycles. The largest absolute Gasteiger partial charge is 0.508 e. The number of halogens is 9. The minimum atomic E-state index is -7.03. The monoisotopic (exact) mass is 734 g/mol. The predicted molar refractivity (Wildman–Crippen MR) is 166 cm³/mol. The highest BCUT2D eigenvalue weighted by molar-refractivity contribution is 7.91. The van der Waals surface area contributed by atoms with Gasteiger partial charge in [-0.15, -0.1) is 0 Å². The van der Waals surface area contributed by atoms with Gasteiger partial charge in [0.25, 0.3) is 0 Å². The van der Waals surface area contributed by atoms with Crippen molar-refractivity contribution in [1.82, 2.24) is 0 Å². The fourth-order valence-electron chi connectivity index (χ4n) is 9.89. The summed E-state index contributed by atoms with van der Waals surface area (Å²) in [4.78, 5) is 0. The number of hydrogen-bond donors (Lipinski definition) is 2. The summed E-state index contributed by atoms with van der Waals surface area (Å²) in [6.07, 6.45) is 2.23. The summed E-state index contributed by atoms with van der Waals surface area (Å²) in [5.41, 5.74) is 2.75. The lowest BCUT2D eigenvalue weighted by atomic mass is 9.50. The number of unbranched alkanes of at least 4 members (excludes halogenated alkanes) is 6. The molecule has 49 heavy (non-hydrogen) atoms. The highest BCUT2D eigenvalue weighted by Gasteiger charge is 2.81. The number of aromatic hydroxyl groups is 1. The van der Waals surface area contributed by atoms with Gasteiger partial charge in [-0.25, -0.2) is 8.42 Å². The van der Waals surface area contributed by atoms with Gasteiger partial charge in [-0.3, -0.25) is 0 Å². The fraction of sp³-hybridized carbons (Fsp3) is 0.829. The number of alkyl halides is 9. The van der Waals surface area contributed by atoms with Gasteiger partial charge in [-0.2, -0.15) is 39.5 Å². The average Bonchev–Trinajstić information content (AvgIpc) is 3.79. The van der Waals surface area contributed by atoms with Crippen LogP contribution in [0.25, 0.3) is 0 Å². The quantitative estimate of drug-likeness (QED) is 0.139. The molecule has 4 aliphatic rings. The van der Waals surface area contributed by atoms with Crippen molar-refractivity contribution in [2.75, 3.05) is 11.5 Å². The number of aliphatic hydroxyl groups is 1. The van der Waals surface area contributed by atoms with E-state index in [1.165, 1.54) is 11.1 Å². The van der Waals surface area contributed by atoms with Crippen molar-refractivity contribution >= 4 is 9.84 Å². The Kier molecular flexibility index (Phi) is 10.5. The van der Waals surface area contributed by atoms with Crippen LogP contribution in [0.15, 0.2) is 18.2 Å². The van der Waals surface area contributed by atoms with Crippen LogP contribution < -0.4 is 0 Å². The summed E-state index contributed by atoms with van der Waals surface area (Å²) in [6, 6.07) is 5.75. The number of phenolic OH excluding ortho intramolecular Hbond substituents is 1. The SMILES string of the molecule is C[C@]12CCC3c4ccc(O)cc4C[C@@H](CCCCCCCCCS(=O)(=O)CCC(F)(F)C(F)(F)C(F)(F)C(F)(F)F)C3C1C[C@@H](O)C21CC1. The van der Waals surface area contributed by atoms with Gasteiger partial charge >= 0.3 is 23.9 Å². The van der Waals surface area contributed by atoms with Gasteiger partial charge in [-0.1, -0.05) is 51.5 Å². The zero-order valence-electron chi connectivity index (χ0n) is 27.7. The molecule has 0 aromatic heterocycles. The third-order valence-corrected chi connectivity index (χ3v) is 14.5. The molecule has 0 radical (unpaired) electrons. The molecule has 4 aliphatic carbocycles. The van der Waals surface area contributed by atoms with Crippen LogP contribution in [0.3, 0.4) is 0 Å². The number of aliphatic hydroxyl groups excluding tert-OH is 1. The Morgan fingerprint density at radius 1 is 0.837 bits per heavy atom. The maximum absolute atomic E-state index is 13.7. The van der Waals surface area contributed by atoms with Crippen LogP contribution in [0.2, 0.25) is 0 Å². The molecule has 1 aromatic rings. The lowest BCUT2D eigenvalue weighted by Crippen LogP contribution is -2.61. The molecule has 5 rings (SSSR count). The molecular formula is C35H47F9O4S. The Balaban J connectivity index is 1.05. The van der Waals surface area contributed by atoms with Gasteiger partial charge in [0.05, 0.1) is 17.6 Å². The van der Waals surface area contributed by atoms with E-state index < -0.39 is 51.7 Å². The minimum absolute atomic E-state index is 0.0217. The molecule has 0 aliphatic heterocycles. The smallest absolute Gasteiger partial charge is 0.460 e. The van der Waals surface area contributed by atoms with E-state index >= 15 is 0 Å². The Hall–Kier alpha value is -1.70. The van der Waals surface area contributed by atoms with Crippen molar-refractivity contribution in [3.63, 3.8) is 0 Å². The van der Waals surface area contributed by atoms with Crippen molar-refractivity contribution < 1.29 is 58.1 Å². The highest BCUT2D eigenvalue weighted by Crippen LogP contribution is 2.76. The van der Waals surface area contributed by atoms with E-state index in [-0.39, 0.29) is 29.1 Å². The van der Waals surface area contributed by atoms with Gasteiger partial charge < -0.3 is 10.2 Å². The van der Waals surface area contributed by atoms with Gasteiger partial charge in [0, 0.05) is 11.8 Å². The number of hydrogen-bond acceptors (Lipinski definition) is 4. The second-order valence-electron chi connectivity index (χ2n) is 15.5. The van der Waals surface area contributed by atoms with Crippen LogP contribution in [-0.2, 0) is 16.3 Å². The topological polar surface area (TPSA) is 74.6 Å². The first-order valence-corrected chi connectivity index (χ1v) is 19.3. The predicted octanol–water partition coefficient (Wildman–Crippen LogP) is 9.62. The molecule has 0 amide bonds. The summed E-state index contributed by atoms with van der Waals surface area (Å²) in [5.74, 6) is -20.0. The lowest BCUT2D eigenvalue weighted by Gasteiger charge is -2.54. The Bertz CT molecular complexity index is 1440. The number of phenols is 1. The molecule has 3 unspecified atom stereocenters. The van der Waals surface area contributed by atoms with E-state index in [2.05, 4.69) is 13.0 Å². The van der Waals surface area contributed by atoms with Crippen LogP contribution in [0.5, 0.6) is 5.75 Å². The van der Waals surface area contributed by atoms with Crippen LogP contribution in [0.1, 0.15) is 114 Å². The summed E-state index contributed by atoms with van der Waals surface area (Å²) in [7, 11) is -4.39. The first-order valence-electron chi connectivity index (χ1n) is 17.5. The Morgan fingerprint density at radius 2 is 1.45 bits per heavy atom. The maximum atomic E-state index is 13.7. The number of rotatable bonds is 15. The molecular weight excluding hydrogens is 687 g/mol. The number of benzene rings is 1. The second kappa shape index (κ2) is 13.4. The second-order valence-corrected chi connectivity index (χ2v) is 17.8. The lowest BCUT2D eigenvalue weighted by molar-refractivity contribution is -0.396. The van der Waals surface area contributed by atoms with Crippen molar-refractivity contribution in [2.24, 2.45) is 28.6 Å². The van der Waals surface area contributed by atoms with Gasteiger partial charge in [0.2, 0.25) is 0 Å². The molecule has 3 fully saturated rings. The standard InChI is InChI=1S/C35H47F9O4S/c1-30-13-12-26-25-11-10-24(45)20-23(25)19-22(29(26)27(30)21-28(46)31(30)14-15-31)9-7-5-3-2-4-6-8-17-49(47,48)18-16-32(36,37)33(38,39)34(40,41)35(42,43)44/h10-11,20,22,26-29,45-46H,2-9,12-19,21H2,1H3/t22-,26?,27?,28-,29?,30+/m1/s1. The molecule has 1 spiro atoms. The van der Waals surface area contributed by atoms with Crippen molar-refractivity contribution in [3.05, 3.63) is 29.3 Å². The van der Waals surface area contributed by atoms with Crippen LogP contribution in [-0.4, -0.2) is 60.2 Å². The Morgan fingerprint density at radius 3 is 2.06 bits per heavy atom. The van der Waals surface area contributed by atoms with E-state index in [0.717, 1.165) is 70.6 Å². The molecule has 4 nitrogen and oxygen atoms in total. The molecule has 14 heteroatoms. The fourth-order valence-corrected chi connectivity index (χ4v) is 11.3. The zero-order valence-corrected chi connectivity index (χ0v) is 28.5.